The van der Waals surface area contributed by atoms with Gasteiger partial charge in [0.15, 0.2) is 6.61 Å². The number of nitrogens with one attached hydrogen (secondary N) is 1. The summed E-state index contributed by atoms with van der Waals surface area (Å²) >= 11 is 0. The minimum Gasteiger partial charge on any atom is -0.482 e. The van der Waals surface area contributed by atoms with E-state index in [1.807, 2.05) is 21.8 Å². The molecular formula is C18H20N4O4. The van der Waals surface area contributed by atoms with Crippen molar-refractivity contribution < 1.29 is 19.1 Å². The molecule has 1 aromatic heterocycles. The lowest BCUT2D eigenvalue weighted by Crippen LogP contribution is -2.38. The number of rotatable bonds is 3. The van der Waals surface area contributed by atoms with Crippen molar-refractivity contribution >= 4 is 17.5 Å². The van der Waals surface area contributed by atoms with Crippen LogP contribution in [0.15, 0.2) is 36.7 Å². The second-order valence-electron chi connectivity index (χ2n) is 6.37. The van der Waals surface area contributed by atoms with E-state index in [9.17, 15) is 9.59 Å². The number of aromatic nitrogens is 2. The normalized spacial score (nSPS) is 19.9. The molecule has 4 rings (SSSR count). The highest BCUT2D eigenvalue weighted by atomic mass is 16.5. The first-order chi connectivity index (χ1) is 12.7. The number of carbonyl (C=O) groups excluding carboxylic acids is 2. The number of carbonyl (C=O) groups is 2. The molecule has 0 aliphatic carbocycles. The van der Waals surface area contributed by atoms with Crippen LogP contribution < -0.4 is 10.1 Å². The van der Waals surface area contributed by atoms with Gasteiger partial charge in [0, 0.05) is 37.7 Å². The third-order valence-electron chi connectivity index (χ3n) is 4.45. The maximum atomic E-state index is 13.0. The van der Waals surface area contributed by atoms with Crippen molar-refractivity contribution in [2.75, 3.05) is 31.6 Å². The Morgan fingerprint density at radius 2 is 2.31 bits per heavy atom. The van der Waals surface area contributed by atoms with Crippen molar-refractivity contribution in [1.82, 2.24) is 14.7 Å². The average Bonchev–Trinajstić information content (AvgIpc) is 3.04. The molecule has 2 aliphatic heterocycles. The lowest BCUT2D eigenvalue weighted by Gasteiger charge is -2.25. The molecule has 1 fully saturated rings. The van der Waals surface area contributed by atoms with Gasteiger partial charge in [-0.25, -0.2) is 0 Å². The molecule has 8 nitrogen and oxygen atoms in total. The van der Waals surface area contributed by atoms with Gasteiger partial charge in [0.2, 0.25) is 0 Å². The topological polar surface area (TPSA) is 85.7 Å². The van der Waals surface area contributed by atoms with Crippen molar-refractivity contribution in [2.24, 2.45) is 0 Å². The van der Waals surface area contributed by atoms with Crippen LogP contribution in [0.2, 0.25) is 0 Å². The van der Waals surface area contributed by atoms with Crippen LogP contribution >= 0.6 is 0 Å². The Morgan fingerprint density at radius 1 is 1.38 bits per heavy atom. The molecule has 3 heterocycles. The van der Waals surface area contributed by atoms with Gasteiger partial charge < -0.3 is 19.7 Å². The quantitative estimate of drug-likeness (QED) is 0.892. The van der Waals surface area contributed by atoms with Gasteiger partial charge in [-0.05, 0) is 30.7 Å². The summed E-state index contributed by atoms with van der Waals surface area (Å²) in [6.07, 6.45) is 4.30. The van der Waals surface area contributed by atoms with Crippen LogP contribution in [0.25, 0.3) is 0 Å². The Morgan fingerprint density at radius 3 is 3.15 bits per heavy atom. The van der Waals surface area contributed by atoms with Crippen LogP contribution in [0.5, 0.6) is 5.75 Å². The van der Waals surface area contributed by atoms with Crippen molar-refractivity contribution in [3.8, 4) is 5.75 Å². The first kappa shape index (κ1) is 16.6. The number of ether oxygens (including phenoxy) is 2. The van der Waals surface area contributed by atoms with Gasteiger partial charge in [-0.1, -0.05) is 0 Å². The Bertz CT molecular complexity index is 806. The molecule has 0 bridgehead atoms. The van der Waals surface area contributed by atoms with E-state index in [0.29, 0.717) is 43.2 Å². The third kappa shape index (κ3) is 3.55. The molecule has 2 amide bonds. The van der Waals surface area contributed by atoms with Crippen molar-refractivity contribution in [2.45, 2.75) is 19.1 Å². The van der Waals surface area contributed by atoms with E-state index in [0.717, 1.165) is 6.42 Å². The maximum absolute atomic E-state index is 13.0. The molecule has 2 aromatic rings. The maximum Gasteiger partial charge on any atom is 0.262 e. The zero-order valence-electron chi connectivity index (χ0n) is 14.3. The summed E-state index contributed by atoms with van der Waals surface area (Å²) in [4.78, 5) is 26.1. The van der Waals surface area contributed by atoms with Gasteiger partial charge in [0.25, 0.3) is 11.8 Å². The van der Waals surface area contributed by atoms with E-state index in [2.05, 4.69) is 10.4 Å². The minimum absolute atomic E-state index is 0.0336. The van der Waals surface area contributed by atoms with Crippen LogP contribution in [0, 0.1) is 0 Å². The molecule has 1 N–H and O–H groups in total. The second-order valence-corrected chi connectivity index (χ2v) is 6.37. The number of fused-ring (bicyclic) bond motifs is 1. The zero-order chi connectivity index (χ0) is 17.9. The lowest BCUT2D eigenvalue weighted by molar-refractivity contribution is -0.118. The van der Waals surface area contributed by atoms with Gasteiger partial charge in [-0.2, -0.15) is 5.10 Å². The van der Waals surface area contributed by atoms with Gasteiger partial charge in [0.05, 0.1) is 18.3 Å². The SMILES string of the molecule is O=C1COc2cc(C(=O)N3CCCOC(Cn4cccn4)C3)ccc2N1. The molecule has 136 valence electrons. The van der Waals surface area contributed by atoms with Crippen molar-refractivity contribution in [1.29, 1.82) is 0 Å². The number of anilines is 1. The van der Waals surface area contributed by atoms with Crippen LogP contribution in [-0.2, 0) is 16.1 Å². The molecule has 1 unspecified atom stereocenters. The average molecular weight is 356 g/mol. The molecule has 2 aliphatic rings. The van der Waals surface area contributed by atoms with Crippen LogP contribution in [0.4, 0.5) is 5.69 Å². The summed E-state index contributed by atoms with van der Waals surface area (Å²) in [6.45, 7) is 2.34. The largest absolute Gasteiger partial charge is 0.482 e. The summed E-state index contributed by atoms with van der Waals surface area (Å²) in [7, 11) is 0. The summed E-state index contributed by atoms with van der Waals surface area (Å²) in [5.41, 5.74) is 1.13. The second kappa shape index (κ2) is 7.17. The summed E-state index contributed by atoms with van der Waals surface area (Å²) < 4.78 is 13.1. The van der Waals surface area contributed by atoms with Crippen molar-refractivity contribution in [3.63, 3.8) is 0 Å². The smallest absolute Gasteiger partial charge is 0.262 e. The third-order valence-corrected chi connectivity index (χ3v) is 4.45. The van der Waals surface area contributed by atoms with Crippen LogP contribution in [0.3, 0.4) is 0 Å². The van der Waals surface area contributed by atoms with Gasteiger partial charge in [-0.3, -0.25) is 14.3 Å². The summed E-state index contributed by atoms with van der Waals surface area (Å²) in [5, 5.41) is 6.93. The molecule has 1 aromatic carbocycles. The fraction of sp³-hybridized carbons (Fsp3) is 0.389. The van der Waals surface area contributed by atoms with Gasteiger partial charge >= 0.3 is 0 Å². The number of benzene rings is 1. The number of hydrogen-bond donors (Lipinski definition) is 1. The van der Waals surface area contributed by atoms with E-state index >= 15 is 0 Å². The van der Waals surface area contributed by atoms with E-state index in [-0.39, 0.29) is 24.5 Å². The summed E-state index contributed by atoms with van der Waals surface area (Å²) in [5.74, 6) is 0.265. The molecule has 0 radical (unpaired) electrons. The van der Waals surface area contributed by atoms with Gasteiger partial charge in [-0.15, -0.1) is 0 Å². The molecule has 1 saturated heterocycles. The lowest BCUT2D eigenvalue weighted by atomic mass is 10.1. The summed E-state index contributed by atoms with van der Waals surface area (Å²) in [6, 6.07) is 6.97. The highest BCUT2D eigenvalue weighted by Gasteiger charge is 2.25. The van der Waals surface area contributed by atoms with E-state index in [4.69, 9.17) is 9.47 Å². The number of nitrogens with zero attached hydrogens (tertiary/aromatic N) is 3. The standard InChI is InChI=1S/C18H20N4O4/c23-17-12-26-16-9-13(3-4-15(16)20-17)18(24)21-6-2-8-25-14(10-21)11-22-7-1-5-19-22/h1,3-5,7,9,14H,2,6,8,10-12H2,(H,20,23). The highest BCUT2D eigenvalue weighted by Crippen LogP contribution is 2.29. The first-order valence-electron chi connectivity index (χ1n) is 8.64. The molecule has 1 atom stereocenters. The molecule has 8 heteroatoms. The van der Waals surface area contributed by atoms with E-state index in [1.54, 1.807) is 24.4 Å². The van der Waals surface area contributed by atoms with Crippen molar-refractivity contribution in [3.05, 3.63) is 42.2 Å². The van der Waals surface area contributed by atoms with E-state index in [1.165, 1.54) is 0 Å². The van der Waals surface area contributed by atoms with Gasteiger partial charge in [0.1, 0.15) is 5.75 Å². The highest BCUT2D eigenvalue weighted by molar-refractivity contribution is 5.99. The monoisotopic (exact) mass is 356 g/mol. The first-order valence-corrected chi connectivity index (χ1v) is 8.64. The molecule has 0 saturated carbocycles. The minimum atomic E-state index is -0.192. The Labute approximate surface area is 150 Å². The van der Waals surface area contributed by atoms with Crippen LogP contribution in [-0.4, -0.2) is 58.9 Å². The Hall–Kier alpha value is -2.87. The zero-order valence-corrected chi connectivity index (χ0v) is 14.3. The fourth-order valence-electron chi connectivity index (χ4n) is 3.20. The molecular weight excluding hydrogens is 336 g/mol. The Kier molecular flexibility index (Phi) is 4.57. The molecule has 0 spiro atoms. The number of hydrogen-bond acceptors (Lipinski definition) is 5. The predicted molar refractivity (Wildman–Crippen MR) is 93.1 cm³/mol. The Balaban J connectivity index is 1.48. The molecule has 26 heavy (non-hydrogen) atoms. The number of amides is 2. The van der Waals surface area contributed by atoms with E-state index < -0.39 is 0 Å². The fourth-order valence-corrected chi connectivity index (χ4v) is 3.20. The van der Waals surface area contributed by atoms with Crippen LogP contribution in [0.1, 0.15) is 16.8 Å². The predicted octanol–water partition coefficient (Wildman–Crippen LogP) is 1.15.